The van der Waals surface area contributed by atoms with Gasteiger partial charge in [-0.1, -0.05) is 13.0 Å². The van der Waals surface area contributed by atoms with Crippen LogP contribution in [0.25, 0.3) is 0 Å². The first-order chi connectivity index (χ1) is 10.5. The Morgan fingerprint density at radius 2 is 2.27 bits per heavy atom. The molecular formula is C15H20N2O5. The lowest BCUT2D eigenvalue weighted by Crippen LogP contribution is -2.48. The molecular weight excluding hydrogens is 288 g/mol. The van der Waals surface area contributed by atoms with Gasteiger partial charge in [0.1, 0.15) is 5.75 Å². The number of benzene rings is 1. The Balaban J connectivity index is 1.90. The molecule has 1 amide bonds. The van der Waals surface area contributed by atoms with Crippen LogP contribution >= 0.6 is 0 Å². The molecule has 0 radical (unpaired) electrons. The van der Waals surface area contributed by atoms with E-state index in [1.165, 1.54) is 18.2 Å². The van der Waals surface area contributed by atoms with Crippen molar-refractivity contribution in [2.45, 2.75) is 19.4 Å². The average molecular weight is 308 g/mol. The van der Waals surface area contributed by atoms with Gasteiger partial charge in [-0.15, -0.1) is 0 Å². The van der Waals surface area contributed by atoms with E-state index in [1.807, 2.05) is 0 Å². The first-order valence-electron chi connectivity index (χ1n) is 7.19. The van der Waals surface area contributed by atoms with Gasteiger partial charge in [0.15, 0.2) is 6.61 Å². The summed E-state index contributed by atoms with van der Waals surface area (Å²) in [4.78, 5) is 24.1. The number of nitrogens with zero attached hydrogens (tertiary/aromatic N) is 2. The van der Waals surface area contributed by atoms with Crippen LogP contribution in [0.15, 0.2) is 24.3 Å². The Kier molecular flexibility index (Phi) is 5.32. The summed E-state index contributed by atoms with van der Waals surface area (Å²) >= 11 is 0. The van der Waals surface area contributed by atoms with Crippen molar-refractivity contribution in [1.82, 2.24) is 4.90 Å². The van der Waals surface area contributed by atoms with Gasteiger partial charge >= 0.3 is 0 Å². The van der Waals surface area contributed by atoms with Gasteiger partial charge in [-0.3, -0.25) is 14.9 Å². The standard InChI is InChI=1S/C15H20N2O5/c1-11-6-7-16(9-14(11)21-2)15(18)10-22-13-5-3-4-12(8-13)17(19)20/h3-5,8,11,14H,6-7,9-10H2,1-2H3/t11-,14-/m1/s1. The SMILES string of the molecule is CO[C@@H]1CN(C(=O)COc2cccc([N+](=O)[O-])c2)CC[C@H]1C. The van der Waals surface area contributed by atoms with Crippen LogP contribution in [-0.2, 0) is 9.53 Å². The minimum Gasteiger partial charge on any atom is -0.484 e. The number of nitro benzene ring substituents is 1. The molecule has 0 aliphatic carbocycles. The van der Waals surface area contributed by atoms with Crippen molar-refractivity contribution >= 4 is 11.6 Å². The van der Waals surface area contributed by atoms with Crippen LogP contribution in [-0.4, -0.2) is 48.6 Å². The summed E-state index contributed by atoms with van der Waals surface area (Å²) in [6, 6.07) is 5.81. The highest BCUT2D eigenvalue weighted by Gasteiger charge is 2.28. The Morgan fingerprint density at radius 1 is 1.50 bits per heavy atom. The van der Waals surface area contributed by atoms with Crippen molar-refractivity contribution in [2.75, 3.05) is 26.8 Å². The van der Waals surface area contributed by atoms with E-state index in [0.717, 1.165) is 6.42 Å². The lowest BCUT2D eigenvalue weighted by atomic mass is 9.96. The molecule has 1 aliphatic heterocycles. The molecule has 2 atom stereocenters. The molecule has 0 saturated carbocycles. The first-order valence-corrected chi connectivity index (χ1v) is 7.19. The topological polar surface area (TPSA) is 81.9 Å². The number of methoxy groups -OCH3 is 1. The quantitative estimate of drug-likeness (QED) is 0.612. The third kappa shape index (κ3) is 3.94. The molecule has 1 aromatic carbocycles. The van der Waals surface area contributed by atoms with Crippen LogP contribution in [0.4, 0.5) is 5.69 Å². The molecule has 0 N–H and O–H groups in total. The molecule has 0 aromatic heterocycles. The molecule has 2 rings (SSSR count). The molecule has 0 unspecified atom stereocenters. The third-order valence-electron chi connectivity index (χ3n) is 3.94. The van der Waals surface area contributed by atoms with Gasteiger partial charge in [0.25, 0.3) is 11.6 Å². The lowest BCUT2D eigenvalue weighted by Gasteiger charge is -2.36. The summed E-state index contributed by atoms with van der Waals surface area (Å²) in [7, 11) is 1.65. The molecule has 0 spiro atoms. The van der Waals surface area contributed by atoms with E-state index in [2.05, 4.69) is 6.92 Å². The van der Waals surface area contributed by atoms with E-state index >= 15 is 0 Å². The fourth-order valence-corrected chi connectivity index (χ4v) is 2.49. The number of carbonyl (C=O) groups excluding carboxylic acids is 1. The number of rotatable bonds is 5. The molecule has 120 valence electrons. The monoisotopic (exact) mass is 308 g/mol. The summed E-state index contributed by atoms with van der Waals surface area (Å²) < 4.78 is 10.8. The molecule has 7 heteroatoms. The summed E-state index contributed by atoms with van der Waals surface area (Å²) in [5.74, 6) is 0.600. The van der Waals surface area contributed by atoms with Crippen LogP contribution in [0.5, 0.6) is 5.75 Å². The molecule has 1 aliphatic rings. The van der Waals surface area contributed by atoms with Crippen molar-refractivity contribution in [3.05, 3.63) is 34.4 Å². The minimum atomic E-state index is -0.496. The van der Waals surface area contributed by atoms with Gasteiger partial charge < -0.3 is 14.4 Å². The number of nitro groups is 1. The normalized spacial score (nSPS) is 21.5. The Bertz CT molecular complexity index is 548. The number of ether oxygens (including phenoxy) is 2. The average Bonchev–Trinajstić information content (AvgIpc) is 2.53. The van der Waals surface area contributed by atoms with Gasteiger partial charge in [0.05, 0.1) is 17.1 Å². The number of likely N-dealkylation sites (tertiary alicyclic amines) is 1. The molecule has 7 nitrogen and oxygen atoms in total. The van der Waals surface area contributed by atoms with Gasteiger partial charge in [-0.25, -0.2) is 0 Å². The predicted octanol–water partition coefficient (Wildman–Crippen LogP) is 1.86. The summed E-state index contributed by atoms with van der Waals surface area (Å²) in [6.07, 6.45) is 0.927. The Morgan fingerprint density at radius 3 is 2.95 bits per heavy atom. The fourth-order valence-electron chi connectivity index (χ4n) is 2.49. The van der Waals surface area contributed by atoms with E-state index in [9.17, 15) is 14.9 Å². The second-order valence-corrected chi connectivity index (χ2v) is 5.42. The number of hydrogen-bond donors (Lipinski definition) is 0. The highest BCUT2D eigenvalue weighted by atomic mass is 16.6. The number of hydrogen-bond acceptors (Lipinski definition) is 5. The fraction of sp³-hybridized carbons (Fsp3) is 0.533. The van der Waals surface area contributed by atoms with E-state index in [1.54, 1.807) is 18.1 Å². The zero-order valence-electron chi connectivity index (χ0n) is 12.7. The maximum absolute atomic E-state index is 12.2. The van der Waals surface area contributed by atoms with Crippen molar-refractivity contribution in [2.24, 2.45) is 5.92 Å². The second kappa shape index (κ2) is 7.22. The molecule has 1 saturated heterocycles. The number of amides is 1. The predicted molar refractivity (Wildman–Crippen MR) is 79.7 cm³/mol. The van der Waals surface area contributed by atoms with Crippen LogP contribution in [0.1, 0.15) is 13.3 Å². The van der Waals surface area contributed by atoms with Gasteiger partial charge in [-0.05, 0) is 18.4 Å². The molecule has 22 heavy (non-hydrogen) atoms. The van der Waals surface area contributed by atoms with E-state index in [4.69, 9.17) is 9.47 Å². The lowest BCUT2D eigenvalue weighted by molar-refractivity contribution is -0.384. The van der Waals surface area contributed by atoms with E-state index < -0.39 is 4.92 Å². The molecule has 1 aromatic rings. The third-order valence-corrected chi connectivity index (χ3v) is 3.94. The Labute approximate surface area is 129 Å². The van der Waals surface area contributed by atoms with E-state index in [-0.39, 0.29) is 24.3 Å². The Hall–Kier alpha value is -2.15. The highest BCUT2D eigenvalue weighted by Crippen LogP contribution is 2.21. The summed E-state index contributed by atoms with van der Waals surface area (Å²) in [5.41, 5.74) is -0.0591. The van der Waals surface area contributed by atoms with Gasteiger partial charge in [-0.2, -0.15) is 0 Å². The summed E-state index contributed by atoms with van der Waals surface area (Å²) in [5, 5.41) is 10.7. The van der Waals surface area contributed by atoms with Gasteiger partial charge in [0, 0.05) is 26.3 Å². The number of non-ortho nitro benzene ring substituents is 1. The maximum Gasteiger partial charge on any atom is 0.273 e. The van der Waals surface area contributed by atoms with E-state index in [0.29, 0.717) is 24.8 Å². The van der Waals surface area contributed by atoms with Crippen LogP contribution < -0.4 is 4.74 Å². The molecule has 0 bridgehead atoms. The number of carbonyl (C=O) groups is 1. The van der Waals surface area contributed by atoms with Crippen molar-refractivity contribution in [3.63, 3.8) is 0 Å². The summed E-state index contributed by atoms with van der Waals surface area (Å²) in [6.45, 7) is 3.20. The zero-order chi connectivity index (χ0) is 16.1. The van der Waals surface area contributed by atoms with Gasteiger partial charge in [0.2, 0.25) is 0 Å². The van der Waals surface area contributed by atoms with Crippen LogP contribution in [0.2, 0.25) is 0 Å². The largest absolute Gasteiger partial charge is 0.484 e. The zero-order valence-corrected chi connectivity index (χ0v) is 12.7. The number of piperidine rings is 1. The van der Waals surface area contributed by atoms with Crippen molar-refractivity contribution in [1.29, 1.82) is 0 Å². The van der Waals surface area contributed by atoms with Crippen molar-refractivity contribution < 1.29 is 19.2 Å². The maximum atomic E-state index is 12.2. The minimum absolute atomic E-state index is 0.0375. The molecule has 1 fully saturated rings. The van der Waals surface area contributed by atoms with Crippen LogP contribution in [0, 0.1) is 16.0 Å². The first kappa shape index (κ1) is 16.2. The second-order valence-electron chi connectivity index (χ2n) is 5.42. The smallest absolute Gasteiger partial charge is 0.273 e. The van der Waals surface area contributed by atoms with Crippen LogP contribution in [0.3, 0.4) is 0 Å². The van der Waals surface area contributed by atoms with Crippen molar-refractivity contribution in [3.8, 4) is 5.75 Å². The highest BCUT2D eigenvalue weighted by molar-refractivity contribution is 5.78. The molecule has 1 heterocycles.